The molecule has 0 saturated carbocycles. The van der Waals surface area contributed by atoms with Crippen LogP contribution in [0.2, 0.25) is 0 Å². The third-order valence-electron chi connectivity index (χ3n) is 6.22. The van der Waals surface area contributed by atoms with Crippen molar-refractivity contribution in [1.29, 1.82) is 0 Å². The van der Waals surface area contributed by atoms with Crippen LogP contribution in [0.15, 0.2) is 48.5 Å². The summed E-state index contributed by atoms with van der Waals surface area (Å²) >= 11 is 0. The number of carbonyl (C=O) groups is 2. The summed E-state index contributed by atoms with van der Waals surface area (Å²) in [6, 6.07) is 14.8. The molecule has 2 amide bonds. The van der Waals surface area contributed by atoms with Crippen LogP contribution in [0, 0.1) is 13.8 Å². The molecule has 0 radical (unpaired) electrons. The van der Waals surface area contributed by atoms with Gasteiger partial charge in [-0.3, -0.25) is 9.59 Å². The summed E-state index contributed by atoms with van der Waals surface area (Å²) < 4.78 is 13.4. The van der Waals surface area contributed by atoms with Gasteiger partial charge >= 0.3 is 0 Å². The largest absolute Gasteiger partial charge is 0.486 e. The molecular formula is C26H27N3O4. The second-order valence-corrected chi connectivity index (χ2v) is 8.48. The zero-order valence-electron chi connectivity index (χ0n) is 18.9. The minimum atomic E-state index is -0.210. The standard InChI is InChI=1S/C26H27N3O4/c1-17-14-22(18(2)29(17)21-8-9-23-24(16-21)33-13-12-32-23)25(30)27-20-7-5-6-19(15-20)26(31)28-10-3-4-11-28/h5-9,14-16H,3-4,10-13H2,1-2H3,(H,27,30). The smallest absolute Gasteiger partial charge is 0.257 e. The molecule has 1 saturated heterocycles. The van der Waals surface area contributed by atoms with Gasteiger partial charge in [-0.1, -0.05) is 6.07 Å². The molecule has 0 aliphatic carbocycles. The van der Waals surface area contributed by atoms with E-state index in [4.69, 9.17) is 9.47 Å². The van der Waals surface area contributed by atoms with Crippen molar-refractivity contribution in [3.63, 3.8) is 0 Å². The number of nitrogens with one attached hydrogen (secondary N) is 1. The Balaban J connectivity index is 1.38. The molecule has 2 aliphatic heterocycles. The van der Waals surface area contributed by atoms with Crippen LogP contribution in [0.1, 0.15) is 44.9 Å². The summed E-state index contributed by atoms with van der Waals surface area (Å²) in [5, 5.41) is 2.96. The predicted octanol–water partition coefficient (Wildman–Crippen LogP) is 4.35. The third kappa shape index (κ3) is 4.06. The second-order valence-electron chi connectivity index (χ2n) is 8.48. The number of aromatic nitrogens is 1. The fraction of sp³-hybridized carbons (Fsp3) is 0.308. The van der Waals surface area contributed by atoms with Crippen LogP contribution in [-0.4, -0.2) is 47.6 Å². The van der Waals surface area contributed by atoms with E-state index in [2.05, 4.69) is 5.32 Å². The van der Waals surface area contributed by atoms with E-state index in [1.165, 1.54) is 0 Å². The molecule has 0 unspecified atom stereocenters. The third-order valence-corrected chi connectivity index (χ3v) is 6.22. The lowest BCUT2D eigenvalue weighted by Gasteiger charge is -2.20. The Hall–Kier alpha value is -3.74. The number of carbonyl (C=O) groups excluding carboxylic acids is 2. The highest BCUT2D eigenvalue weighted by molar-refractivity contribution is 6.06. The maximum atomic E-state index is 13.1. The number of nitrogens with zero attached hydrogens (tertiary/aromatic N) is 2. The van der Waals surface area contributed by atoms with Gasteiger partial charge in [0, 0.05) is 47.5 Å². The number of anilines is 1. The zero-order valence-corrected chi connectivity index (χ0v) is 18.9. The van der Waals surface area contributed by atoms with Gasteiger partial charge in [0.05, 0.1) is 5.56 Å². The summed E-state index contributed by atoms with van der Waals surface area (Å²) in [5.74, 6) is 1.24. The van der Waals surface area contributed by atoms with E-state index >= 15 is 0 Å². The van der Waals surface area contributed by atoms with Crippen LogP contribution >= 0.6 is 0 Å². The molecule has 0 atom stereocenters. The molecule has 2 aliphatic rings. The molecule has 170 valence electrons. The summed E-state index contributed by atoms with van der Waals surface area (Å²) in [7, 11) is 0. The average molecular weight is 446 g/mol. The predicted molar refractivity (Wildman–Crippen MR) is 126 cm³/mol. The molecule has 5 rings (SSSR count). The minimum absolute atomic E-state index is 0.0142. The van der Waals surface area contributed by atoms with Crippen molar-refractivity contribution in [3.8, 4) is 17.2 Å². The molecule has 1 fully saturated rings. The van der Waals surface area contributed by atoms with Crippen LogP contribution < -0.4 is 14.8 Å². The van der Waals surface area contributed by atoms with Crippen molar-refractivity contribution in [2.75, 3.05) is 31.6 Å². The summed E-state index contributed by atoms with van der Waals surface area (Å²) in [4.78, 5) is 27.7. The molecule has 3 aromatic rings. The lowest BCUT2D eigenvalue weighted by molar-refractivity contribution is 0.0792. The van der Waals surface area contributed by atoms with Gasteiger partial charge in [-0.2, -0.15) is 0 Å². The molecule has 7 nitrogen and oxygen atoms in total. The first-order chi connectivity index (χ1) is 16.0. The van der Waals surface area contributed by atoms with E-state index in [0.717, 1.165) is 48.8 Å². The van der Waals surface area contributed by atoms with Gasteiger partial charge in [0.25, 0.3) is 11.8 Å². The Morgan fingerprint density at radius 3 is 2.45 bits per heavy atom. The highest BCUT2D eigenvalue weighted by atomic mass is 16.6. The molecule has 1 N–H and O–H groups in total. The van der Waals surface area contributed by atoms with Crippen LogP contribution in [0.4, 0.5) is 5.69 Å². The molecule has 0 bridgehead atoms. The van der Waals surface area contributed by atoms with Crippen LogP contribution in [-0.2, 0) is 0 Å². The molecule has 2 aromatic carbocycles. The van der Waals surface area contributed by atoms with E-state index in [-0.39, 0.29) is 11.8 Å². The quantitative estimate of drug-likeness (QED) is 0.648. The van der Waals surface area contributed by atoms with Crippen LogP contribution in [0.5, 0.6) is 11.5 Å². The number of benzene rings is 2. The number of fused-ring (bicyclic) bond motifs is 1. The number of ether oxygens (including phenoxy) is 2. The Bertz CT molecular complexity index is 1220. The number of hydrogen-bond acceptors (Lipinski definition) is 4. The number of aryl methyl sites for hydroxylation is 1. The molecular weight excluding hydrogens is 418 g/mol. The number of amides is 2. The van der Waals surface area contributed by atoms with Crippen molar-refractivity contribution >= 4 is 17.5 Å². The molecule has 33 heavy (non-hydrogen) atoms. The molecule has 0 spiro atoms. The number of hydrogen-bond donors (Lipinski definition) is 1. The zero-order chi connectivity index (χ0) is 22.9. The van der Waals surface area contributed by atoms with Crippen molar-refractivity contribution in [2.24, 2.45) is 0 Å². The normalized spacial score (nSPS) is 14.9. The van der Waals surface area contributed by atoms with E-state index in [1.807, 2.05) is 47.6 Å². The Morgan fingerprint density at radius 2 is 1.67 bits per heavy atom. The first kappa shape index (κ1) is 21.1. The molecule has 3 heterocycles. The highest BCUT2D eigenvalue weighted by Gasteiger charge is 2.21. The van der Waals surface area contributed by atoms with Crippen molar-refractivity contribution in [2.45, 2.75) is 26.7 Å². The molecule has 7 heteroatoms. The van der Waals surface area contributed by atoms with Gasteiger partial charge in [0.15, 0.2) is 11.5 Å². The van der Waals surface area contributed by atoms with Gasteiger partial charge in [0.2, 0.25) is 0 Å². The Kier molecular flexibility index (Phi) is 5.54. The van der Waals surface area contributed by atoms with Gasteiger partial charge in [-0.25, -0.2) is 0 Å². The fourth-order valence-electron chi connectivity index (χ4n) is 4.59. The van der Waals surface area contributed by atoms with Crippen molar-refractivity contribution in [3.05, 3.63) is 71.0 Å². The topological polar surface area (TPSA) is 72.8 Å². The fourth-order valence-corrected chi connectivity index (χ4v) is 4.59. The Morgan fingerprint density at radius 1 is 0.909 bits per heavy atom. The lowest BCUT2D eigenvalue weighted by Crippen LogP contribution is -2.27. The van der Waals surface area contributed by atoms with Crippen molar-refractivity contribution in [1.82, 2.24) is 9.47 Å². The monoisotopic (exact) mass is 445 g/mol. The van der Waals surface area contributed by atoms with Crippen molar-refractivity contribution < 1.29 is 19.1 Å². The SMILES string of the molecule is Cc1cc(C(=O)Nc2cccc(C(=O)N3CCCC3)c2)c(C)n1-c1ccc2c(c1)OCCO2. The van der Waals surface area contributed by atoms with Gasteiger partial charge in [-0.05, 0) is 63.1 Å². The number of rotatable bonds is 4. The summed E-state index contributed by atoms with van der Waals surface area (Å²) in [6.45, 7) is 6.54. The maximum absolute atomic E-state index is 13.1. The average Bonchev–Trinajstić information content (AvgIpc) is 3.46. The van der Waals surface area contributed by atoms with E-state index < -0.39 is 0 Å². The van der Waals surface area contributed by atoms with E-state index in [1.54, 1.807) is 24.3 Å². The van der Waals surface area contributed by atoms with E-state index in [9.17, 15) is 9.59 Å². The van der Waals surface area contributed by atoms with Gasteiger partial charge in [-0.15, -0.1) is 0 Å². The lowest BCUT2D eigenvalue weighted by atomic mass is 10.1. The number of likely N-dealkylation sites (tertiary alicyclic amines) is 1. The maximum Gasteiger partial charge on any atom is 0.257 e. The Labute approximate surface area is 192 Å². The van der Waals surface area contributed by atoms with Crippen LogP contribution in [0.3, 0.4) is 0 Å². The minimum Gasteiger partial charge on any atom is -0.486 e. The van der Waals surface area contributed by atoms with E-state index in [0.29, 0.717) is 35.8 Å². The molecule has 1 aromatic heterocycles. The summed E-state index contributed by atoms with van der Waals surface area (Å²) in [6.07, 6.45) is 2.09. The second kappa shape index (κ2) is 8.65. The summed E-state index contributed by atoms with van der Waals surface area (Å²) in [5.41, 5.74) is 4.45. The first-order valence-corrected chi connectivity index (χ1v) is 11.3. The first-order valence-electron chi connectivity index (χ1n) is 11.3. The highest BCUT2D eigenvalue weighted by Crippen LogP contribution is 2.33. The van der Waals surface area contributed by atoms with Crippen LogP contribution in [0.25, 0.3) is 5.69 Å². The van der Waals surface area contributed by atoms with Gasteiger partial charge in [0.1, 0.15) is 13.2 Å². The van der Waals surface area contributed by atoms with Gasteiger partial charge < -0.3 is 24.3 Å².